The smallest absolute Gasteiger partial charge is 0.471 e. The van der Waals surface area contributed by atoms with E-state index in [0.717, 1.165) is 18.1 Å². The summed E-state index contributed by atoms with van der Waals surface area (Å²) in [5.74, 6) is -2.83. The summed E-state index contributed by atoms with van der Waals surface area (Å²) in [6, 6.07) is 6.43. The lowest BCUT2D eigenvalue weighted by molar-refractivity contribution is -0.343. The molecule has 0 aliphatic carbocycles. The van der Waals surface area contributed by atoms with Gasteiger partial charge in [-0.15, -0.1) is 0 Å². The fraction of sp³-hybridized carbons (Fsp3) is 0.400. The van der Waals surface area contributed by atoms with Crippen molar-refractivity contribution in [3.63, 3.8) is 0 Å². The van der Waals surface area contributed by atoms with Crippen LogP contribution >= 0.6 is 0 Å². The molecule has 7 nitrogen and oxygen atoms in total. The monoisotopic (exact) mass is 426 g/mol. The normalized spacial score (nSPS) is 15.0. The van der Waals surface area contributed by atoms with Crippen molar-refractivity contribution in [1.82, 2.24) is 9.78 Å². The first-order valence-corrected chi connectivity index (χ1v) is 9.17. The highest BCUT2D eigenvalue weighted by molar-refractivity contribution is 5.88. The van der Waals surface area contributed by atoms with Gasteiger partial charge >= 0.3 is 17.9 Å². The number of rotatable bonds is 8. The summed E-state index contributed by atoms with van der Waals surface area (Å²) in [6.07, 6.45) is -0.104. The summed E-state index contributed by atoms with van der Waals surface area (Å²) in [4.78, 5) is 11.9. The number of esters is 1. The fourth-order valence-corrected chi connectivity index (χ4v) is 2.52. The van der Waals surface area contributed by atoms with E-state index in [1.54, 1.807) is 23.0 Å². The lowest BCUT2D eigenvalue weighted by Gasteiger charge is -2.29. The van der Waals surface area contributed by atoms with Crippen molar-refractivity contribution in [2.75, 3.05) is 13.2 Å². The van der Waals surface area contributed by atoms with E-state index in [0.29, 0.717) is 18.7 Å². The Hall–Kier alpha value is -3.17. The van der Waals surface area contributed by atoms with Crippen LogP contribution in [0.3, 0.4) is 0 Å². The van der Waals surface area contributed by atoms with E-state index >= 15 is 0 Å². The second-order valence-corrected chi connectivity index (χ2v) is 7.11. The van der Waals surface area contributed by atoms with Gasteiger partial charge < -0.3 is 18.9 Å². The van der Waals surface area contributed by atoms with Crippen LogP contribution in [-0.4, -0.2) is 40.9 Å². The Morgan fingerprint density at radius 3 is 2.47 bits per heavy atom. The number of ether oxygens (including phenoxy) is 4. The Bertz CT molecular complexity index is 883. The fourth-order valence-electron chi connectivity index (χ4n) is 2.52. The highest BCUT2D eigenvalue weighted by Gasteiger charge is 2.62. The topological polar surface area (TPSA) is 71.8 Å². The molecule has 1 aliphatic heterocycles. The van der Waals surface area contributed by atoms with E-state index in [9.17, 15) is 18.0 Å². The molecule has 0 bridgehead atoms. The summed E-state index contributed by atoms with van der Waals surface area (Å²) in [6.45, 7) is 3.72. The first kappa shape index (κ1) is 21.5. The van der Waals surface area contributed by atoms with Crippen LogP contribution in [0, 0.1) is 5.92 Å². The number of hydrogen-bond donors (Lipinski definition) is 0. The predicted octanol–water partition coefficient (Wildman–Crippen LogP) is 3.90. The number of halogens is 3. The Labute approximate surface area is 171 Å². The zero-order valence-electron chi connectivity index (χ0n) is 16.4. The molecule has 10 heteroatoms. The van der Waals surface area contributed by atoms with Crippen LogP contribution in [0.1, 0.15) is 29.8 Å². The van der Waals surface area contributed by atoms with E-state index < -0.39 is 24.5 Å². The molecule has 0 amide bonds. The van der Waals surface area contributed by atoms with Gasteiger partial charge in [-0.1, -0.05) is 26.0 Å². The zero-order valence-corrected chi connectivity index (χ0v) is 16.4. The minimum Gasteiger partial charge on any atom is -0.485 e. The molecular weight excluding hydrogens is 405 g/mol. The standard InChI is InChI=1S/C20H21F3N2O5/c1-14(2)12-27-18(26)16-9-24-25(11-16)10-15-3-5-17(6-4-15)28-13-19(20(21,22)23)29-7-8-30-19/h3-9,11,14H,10,12-13H2,1-2H3. The number of aromatic nitrogens is 2. The van der Waals surface area contributed by atoms with Crippen LogP contribution in [0.2, 0.25) is 0 Å². The van der Waals surface area contributed by atoms with Crippen LogP contribution in [0.25, 0.3) is 0 Å². The quantitative estimate of drug-likeness (QED) is 0.597. The molecule has 0 N–H and O–H groups in total. The van der Waals surface area contributed by atoms with Gasteiger partial charge in [-0.05, 0) is 23.6 Å². The van der Waals surface area contributed by atoms with Gasteiger partial charge in [0, 0.05) is 6.20 Å². The van der Waals surface area contributed by atoms with Gasteiger partial charge in [0.15, 0.2) is 6.61 Å². The second-order valence-electron chi connectivity index (χ2n) is 7.11. The molecule has 0 unspecified atom stereocenters. The van der Waals surface area contributed by atoms with Crippen molar-refractivity contribution in [1.29, 1.82) is 0 Å². The third-order valence-corrected chi connectivity index (χ3v) is 4.12. The first-order valence-electron chi connectivity index (χ1n) is 9.17. The first-order chi connectivity index (χ1) is 14.2. The van der Waals surface area contributed by atoms with Gasteiger partial charge in [-0.3, -0.25) is 4.68 Å². The maximum atomic E-state index is 13.2. The van der Waals surface area contributed by atoms with Gasteiger partial charge in [-0.25, -0.2) is 4.79 Å². The highest BCUT2D eigenvalue weighted by atomic mass is 19.4. The molecule has 0 saturated heterocycles. The number of benzene rings is 1. The molecule has 3 rings (SSSR count). The number of carbonyl (C=O) groups excluding carboxylic acids is 1. The van der Waals surface area contributed by atoms with Crippen LogP contribution in [0.15, 0.2) is 49.2 Å². The summed E-state index contributed by atoms with van der Waals surface area (Å²) in [5.41, 5.74) is 1.16. The Morgan fingerprint density at radius 2 is 1.87 bits per heavy atom. The number of nitrogens with zero attached hydrogens (tertiary/aromatic N) is 2. The lowest BCUT2D eigenvalue weighted by atomic mass is 10.2. The van der Waals surface area contributed by atoms with Gasteiger partial charge in [0.05, 0.1) is 24.9 Å². The molecule has 162 valence electrons. The molecule has 0 fully saturated rings. The van der Waals surface area contributed by atoms with E-state index in [4.69, 9.17) is 9.47 Å². The number of carbonyl (C=O) groups is 1. The Kier molecular flexibility index (Phi) is 6.23. The maximum Gasteiger partial charge on any atom is 0.471 e. The van der Waals surface area contributed by atoms with Crippen LogP contribution in [0.4, 0.5) is 13.2 Å². The third kappa shape index (κ3) is 5.05. The SMILES string of the molecule is CC(C)COC(=O)c1cnn(Cc2ccc(OCC3(C(F)(F)F)OC=CO3)cc2)c1. The summed E-state index contributed by atoms with van der Waals surface area (Å²) >= 11 is 0. The van der Waals surface area contributed by atoms with Crippen LogP contribution < -0.4 is 4.74 Å². The molecule has 0 spiro atoms. The van der Waals surface area contributed by atoms with E-state index in [-0.39, 0.29) is 11.7 Å². The second kappa shape index (κ2) is 8.68. The molecule has 1 aliphatic rings. The molecule has 0 radical (unpaired) electrons. The van der Waals surface area contributed by atoms with Crippen molar-refractivity contribution in [3.8, 4) is 5.75 Å². The van der Waals surface area contributed by atoms with Crippen molar-refractivity contribution in [2.45, 2.75) is 32.4 Å². The number of alkyl halides is 3. The van der Waals surface area contributed by atoms with Crippen molar-refractivity contribution in [3.05, 3.63) is 60.3 Å². The molecule has 1 aromatic carbocycles. The molecule has 1 aromatic heterocycles. The molecule has 30 heavy (non-hydrogen) atoms. The van der Waals surface area contributed by atoms with Gasteiger partial charge in [0.2, 0.25) is 0 Å². The van der Waals surface area contributed by atoms with Gasteiger partial charge in [-0.2, -0.15) is 18.3 Å². The molecule has 2 aromatic rings. The average Bonchev–Trinajstić information content (AvgIpc) is 3.35. The predicted molar refractivity (Wildman–Crippen MR) is 98.5 cm³/mol. The van der Waals surface area contributed by atoms with Crippen molar-refractivity contribution < 1.29 is 36.9 Å². The molecule has 0 atom stereocenters. The third-order valence-electron chi connectivity index (χ3n) is 4.12. The lowest BCUT2D eigenvalue weighted by Crippen LogP contribution is -2.51. The van der Waals surface area contributed by atoms with Crippen LogP contribution in [0.5, 0.6) is 5.75 Å². The van der Waals surface area contributed by atoms with E-state index in [1.165, 1.54) is 18.3 Å². The molecule has 2 heterocycles. The maximum absolute atomic E-state index is 13.2. The summed E-state index contributed by atoms with van der Waals surface area (Å²) in [7, 11) is 0. The highest BCUT2D eigenvalue weighted by Crippen LogP contribution is 2.38. The minimum atomic E-state index is -4.76. The largest absolute Gasteiger partial charge is 0.485 e. The Morgan fingerprint density at radius 1 is 1.20 bits per heavy atom. The molecular formula is C20H21F3N2O5. The van der Waals surface area contributed by atoms with Crippen molar-refractivity contribution >= 4 is 5.97 Å². The van der Waals surface area contributed by atoms with Gasteiger partial charge in [0.1, 0.15) is 18.3 Å². The van der Waals surface area contributed by atoms with E-state index in [1.807, 2.05) is 13.8 Å². The Balaban J connectivity index is 1.56. The summed E-state index contributed by atoms with van der Waals surface area (Å²) < 4.78 is 60.6. The van der Waals surface area contributed by atoms with Crippen LogP contribution in [-0.2, 0) is 20.8 Å². The number of hydrogen-bond acceptors (Lipinski definition) is 6. The van der Waals surface area contributed by atoms with E-state index in [2.05, 4.69) is 14.6 Å². The van der Waals surface area contributed by atoms with Crippen molar-refractivity contribution in [2.24, 2.45) is 5.92 Å². The average molecular weight is 426 g/mol. The van der Waals surface area contributed by atoms with Gasteiger partial charge in [0.25, 0.3) is 0 Å². The molecule has 0 saturated carbocycles. The minimum absolute atomic E-state index is 0.222. The zero-order chi connectivity index (χ0) is 21.8. The summed E-state index contributed by atoms with van der Waals surface area (Å²) in [5, 5.41) is 4.13.